The number of epoxide rings is 2. The fraction of sp³-hybridized carbons (Fsp3) is 0.547. The van der Waals surface area contributed by atoms with Crippen LogP contribution in [0.15, 0.2) is 170 Å². The van der Waals surface area contributed by atoms with Crippen molar-refractivity contribution in [3.05, 3.63) is 203 Å². The summed E-state index contributed by atoms with van der Waals surface area (Å²) in [5, 5.41) is 56.8. The summed E-state index contributed by atoms with van der Waals surface area (Å²) < 4.78 is 41.4. The zero-order chi connectivity index (χ0) is 102. The first-order valence-electron chi connectivity index (χ1n) is 46.4. The van der Waals surface area contributed by atoms with Crippen LogP contribution in [0.2, 0.25) is 0 Å². The third kappa shape index (κ3) is 51.8. The van der Waals surface area contributed by atoms with Gasteiger partial charge in [-0.3, -0.25) is 52.7 Å². The van der Waals surface area contributed by atoms with Crippen LogP contribution in [0.1, 0.15) is 240 Å². The smallest absolute Gasteiger partial charge is 0.328 e. The topological polar surface area (TPSA) is 487 Å². The zero-order valence-corrected chi connectivity index (χ0v) is 82.5. The fourth-order valence-electron chi connectivity index (χ4n) is 14.4. The number of ketones is 4. The maximum atomic E-state index is 13.7. The number of methoxy groups -OCH3 is 3. The number of aliphatic carboxylic acids is 1. The second-order valence-electron chi connectivity index (χ2n) is 38.3. The van der Waals surface area contributed by atoms with Crippen molar-refractivity contribution in [2.75, 3.05) is 34.5 Å². The van der Waals surface area contributed by atoms with Crippen molar-refractivity contribution in [1.29, 1.82) is 0 Å². The lowest BCUT2D eigenvalue weighted by molar-refractivity contribution is -0.151. The van der Waals surface area contributed by atoms with Gasteiger partial charge in [0.15, 0.2) is 23.1 Å². The standard InChI is InChI=1S/C30H44N2O7.C26H33NO6.C15H21NO4.C11H19NO2.C10H13NO2.C8H10O.C5H10O3.CH4/c1-19(31-26(34)17-29(2,3)37)25(33)16-22(14-21-10-12-23(38-5)13-11-21)28(36)32-24(15-20-8-6-7-9-20)27(35)30(4)18-39-30;1-18(27-24(29)16-26(2,3)31)23(28)15-21(14-19-10-12-22(32-4)13-11-19)25(30)33-17-20-8-6-5-7-9-20;1-11(16-13(17)9-15(2,3)19)14(18)20-10-12-7-5-4-6-8-12;1-11(7-14-11)10(13)9(12)6-8-4-2-3-5-8;1-8(11)10(12)13-7-9-5-3-2-4-6-9;1-9-7-8-5-3-2-4-6-8;1-5(2,8)3-4(6)7;/h10-13,19-20,22,24,37H,6-9,14-18H2,1-5H3,(H,31,34)(H,32,36);5-13,18,21,31H,14-17H2,1-4H3,(H,27,29);4-8,11,19H,9-10H2,1-3H3,(H,16,17);8-9H,2-7,12H2,1H3;2-6,8H,7,11H2,1H3;2-6H,7H2,1H3;8H,3H2,1-2H3,(H,6,7);1H4/t19-,22-,24+,30-;18-,21-;11-;9-,11+;8-;;;/m11101.../s1. The molecule has 2 aliphatic carbocycles. The summed E-state index contributed by atoms with van der Waals surface area (Å²) in [6.45, 7) is 24.1. The Morgan fingerprint density at radius 2 is 0.723 bits per heavy atom. The van der Waals surface area contributed by atoms with E-state index >= 15 is 0 Å². The number of benzene rings is 6. The van der Waals surface area contributed by atoms with Gasteiger partial charge in [0.25, 0.3) is 0 Å². The van der Waals surface area contributed by atoms with Crippen LogP contribution in [0.3, 0.4) is 0 Å². The maximum Gasteiger partial charge on any atom is 0.328 e. The van der Waals surface area contributed by atoms with Gasteiger partial charge in [0, 0.05) is 25.9 Å². The Bertz CT molecular complexity index is 4630. The van der Waals surface area contributed by atoms with Gasteiger partial charge in [-0.2, -0.15) is 0 Å². The van der Waals surface area contributed by atoms with Gasteiger partial charge in [-0.1, -0.05) is 204 Å². The Kier molecular flexibility index (Phi) is 52.6. The van der Waals surface area contributed by atoms with Crippen LogP contribution in [0.5, 0.6) is 11.5 Å². The summed E-state index contributed by atoms with van der Waals surface area (Å²) in [7, 11) is 4.85. The molecule has 4 amide bonds. The van der Waals surface area contributed by atoms with Crippen LogP contribution in [0.25, 0.3) is 0 Å². The van der Waals surface area contributed by atoms with E-state index in [2.05, 4.69) is 21.3 Å². The highest BCUT2D eigenvalue weighted by Gasteiger charge is 2.51. The van der Waals surface area contributed by atoms with Crippen LogP contribution >= 0.6 is 0 Å². The van der Waals surface area contributed by atoms with Crippen molar-refractivity contribution in [3.63, 3.8) is 0 Å². The van der Waals surface area contributed by atoms with Crippen LogP contribution in [0.4, 0.5) is 0 Å². The van der Waals surface area contributed by atoms with E-state index in [1.54, 1.807) is 80.2 Å². The quantitative estimate of drug-likeness (QED) is 0.00961. The number of carboxylic acids is 1. The summed E-state index contributed by atoms with van der Waals surface area (Å²) in [6.07, 6.45) is 10.7. The molecular formula is C106H154N6O25. The molecule has 6 aromatic carbocycles. The number of nitrogens with one attached hydrogen (secondary N) is 4. The Balaban J connectivity index is 0.000000440. The number of rotatable bonds is 44. The SMILES string of the molecule is C.CC(C)(O)CC(=O)O.COCc1ccccc1.COc1ccc(C[C@H](CC(=O)[C@@H](C)NC(=O)CC(C)(C)O)C(=O)N[C@@H](CC2CCCC2)C(=O)[C@@]2(C)CO2)cc1.COc1ccc(C[C@H](CC(=O)[C@@H](C)NC(=O)CC(C)(C)O)C(=O)OCc2ccccc2)cc1.C[C@@H](N)C(=O)OCc1ccccc1.C[C@@H](NC(=O)CC(C)(C)O)C(=O)OCc1ccccc1.C[C@]1(C(=O)[C@@H](N)CC2CCCC2)CO1. The van der Waals surface area contributed by atoms with Crippen LogP contribution in [-0.4, -0.2) is 201 Å². The lowest BCUT2D eigenvalue weighted by Crippen LogP contribution is -2.49. The normalized spacial score (nSPS) is 17.0. The zero-order valence-electron chi connectivity index (χ0n) is 82.5. The number of carbonyl (C=O) groups is 12. The molecule has 2 aliphatic heterocycles. The molecule has 0 radical (unpaired) electrons. The van der Waals surface area contributed by atoms with E-state index in [4.69, 9.17) is 59.6 Å². The first-order chi connectivity index (χ1) is 63.8. The van der Waals surface area contributed by atoms with E-state index < -0.39 is 105 Å². The van der Waals surface area contributed by atoms with E-state index in [0.717, 1.165) is 59.9 Å². The molecule has 31 heteroatoms. The number of Topliss-reactive ketones (excluding diaryl/α,β-unsaturated/α-hetero) is 4. The molecule has 10 atom stereocenters. The van der Waals surface area contributed by atoms with E-state index in [1.807, 2.05) is 153 Å². The Morgan fingerprint density at radius 3 is 1.04 bits per heavy atom. The van der Waals surface area contributed by atoms with E-state index in [0.29, 0.717) is 62.6 Å². The lowest BCUT2D eigenvalue weighted by atomic mass is 9.88. The minimum Gasteiger partial charge on any atom is -0.497 e. The minimum atomic E-state index is -1.20. The van der Waals surface area contributed by atoms with Crippen molar-refractivity contribution >= 4 is 70.6 Å². The van der Waals surface area contributed by atoms with Gasteiger partial charge >= 0.3 is 23.9 Å². The van der Waals surface area contributed by atoms with Crippen molar-refractivity contribution in [2.24, 2.45) is 35.1 Å². The number of ether oxygens (including phenoxy) is 8. The molecule has 0 aromatic heterocycles. The molecular weight excluding hydrogens is 1760 g/mol. The molecule has 758 valence electrons. The van der Waals surface area contributed by atoms with Crippen LogP contribution in [-0.2, 0) is 125 Å². The minimum absolute atomic E-state index is 0. The second-order valence-corrected chi connectivity index (χ2v) is 38.3. The highest BCUT2D eigenvalue weighted by Crippen LogP contribution is 2.36. The molecule has 0 spiro atoms. The largest absolute Gasteiger partial charge is 0.497 e. The molecule has 2 saturated heterocycles. The molecule has 0 bridgehead atoms. The van der Waals surface area contributed by atoms with Gasteiger partial charge in [-0.25, -0.2) is 4.79 Å². The third-order valence-corrected chi connectivity index (χ3v) is 22.2. The third-order valence-electron chi connectivity index (χ3n) is 22.2. The van der Waals surface area contributed by atoms with Gasteiger partial charge in [0.2, 0.25) is 23.6 Å². The van der Waals surface area contributed by atoms with Crippen molar-refractivity contribution in [2.45, 2.75) is 316 Å². The number of nitrogens with two attached hydrogens (primary N) is 2. The molecule has 4 fully saturated rings. The molecule has 2 saturated carbocycles. The lowest BCUT2D eigenvalue weighted by Gasteiger charge is -2.26. The van der Waals surface area contributed by atoms with Gasteiger partial charge < -0.3 is 96.2 Å². The summed E-state index contributed by atoms with van der Waals surface area (Å²) >= 11 is 0. The van der Waals surface area contributed by atoms with E-state index in [1.165, 1.54) is 86.6 Å². The van der Waals surface area contributed by atoms with E-state index in [-0.39, 0.29) is 113 Å². The molecule has 137 heavy (non-hydrogen) atoms. The van der Waals surface area contributed by atoms with Crippen LogP contribution in [0, 0.1) is 23.7 Å². The summed E-state index contributed by atoms with van der Waals surface area (Å²) in [5.41, 5.74) is 10.9. The predicted molar refractivity (Wildman–Crippen MR) is 522 cm³/mol. The van der Waals surface area contributed by atoms with Crippen molar-refractivity contribution in [1.82, 2.24) is 21.3 Å². The molecule has 2 heterocycles. The Hall–Kier alpha value is -11.0. The Morgan fingerprint density at radius 1 is 0.409 bits per heavy atom. The number of carboxylic acid groups (broad SMARTS) is 1. The average Bonchev–Trinajstić information content (AvgIpc) is 1.64. The predicted octanol–water partition coefficient (Wildman–Crippen LogP) is 12.5. The summed E-state index contributed by atoms with van der Waals surface area (Å²) in [5.74, 6) is -3.58. The molecule has 6 aromatic rings. The Labute approximate surface area is 809 Å². The second kappa shape index (κ2) is 60.0. The number of hydrogen-bond acceptors (Lipinski definition) is 26. The average molecular weight is 1910 g/mol. The van der Waals surface area contributed by atoms with E-state index in [9.17, 15) is 72.9 Å². The molecule has 10 rings (SSSR count). The monoisotopic (exact) mass is 1910 g/mol. The first kappa shape index (κ1) is 120. The van der Waals surface area contributed by atoms with Crippen LogP contribution < -0.4 is 42.2 Å². The number of hydrogen-bond donors (Lipinski definition) is 11. The van der Waals surface area contributed by atoms with Gasteiger partial charge in [-0.15, -0.1) is 0 Å². The highest BCUT2D eigenvalue weighted by atomic mass is 16.6. The van der Waals surface area contributed by atoms with Gasteiger partial charge in [0.1, 0.15) is 54.6 Å². The first-order valence-corrected chi connectivity index (χ1v) is 46.4. The highest BCUT2D eigenvalue weighted by molar-refractivity contribution is 5.98. The van der Waals surface area contributed by atoms with Crippen molar-refractivity contribution in [3.8, 4) is 11.5 Å². The van der Waals surface area contributed by atoms with Gasteiger partial charge in [0.05, 0.1) is 112 Å². The molecule has 4 aliphatic rings. The number of amides is 4. The molecule has 31 nitrogen and oxygen atoms in total. The molecule has 0 unspecified atom stereocenters. The molecule has 13 N–H and O–H groups in total. The summed E-state index contributed by atoms with van der Waals surface area (Å²) in [6, 6.07) is 48.9. The number of aliphatic hydroxyl groups is 4. The summed E-state index contributed by atoms with van der Waals surface area (Å²) in [4.78, 5) is 146. The number of esters is 3. The number of carbonyl (C=O) groups excluding carboxylic acids is 11. The fourth-order valence-corrected chi connectivity index (χ4v) is 14.4. The van der Waals surface area contributed by atoms with Crippen molar-refractivity contribution < 1.29 is 121 Å². The maximum absolute atomic E-state index is 13.7. The van der Waals surface area contributed by atoms with Gasteiger partial charge in [-0.05, 0) is 192 Å².